The zero-order chi connectivity index (χ0) is 34.9. The summed E-state index contributed by atoms with van der Waals surface area (Å²) >= 11 is 0. The zero-order valence-electron chi connectivity index (χ0n) is 25.1. The van der Waals surface area contributed by atoms with Gasteiger partial charge in [0.25, 0.3) is 0 Å². The SMILES string of the molecule is CC(=O)N[C@@H](CC(=O)O)C(=O)N[C@@H](CCCN=C(N)N)C(=O)NC(CC(C)C)C(=O)N[C@@H](CC(=O)O)C(=O)N[C@@H](CO)C(=O)O. The first-order valence-electron chi connectivity index (χ1n) is 13.7. The van der Waals surface area contributed by atoms with Crippen molar-refractivity contribution in [2.75, 3.05) is 13.2 Å². The molecule has 5 atom stereocenters. The minimum absolute atomic E-state index is 0.0271. The number of carbonyl (C=O) groups excluding carboxylic acids is 5. The van der Waals surface area contributed by atoms with Gasteiger partial charge in [0.05, 0.1) is 19.4 Å². The molecule has 0 rings (SSSR count). The van der Waals surface area contributed by atoms with E-state index >= 15 is 0 Å². The molecule has 0 saturated heterocycles. The van der Waals surface area contributed by atoms with Crippen LogP contribution in [0.2, 0.25) is 0 Å². The first-order valence-corrected chi connectivity index (χ1v) is 13.7. The molecule has 0 heterocycles. The highest BCUT2D eigenvalue weighted by Gasteiger charge is 2.33. The van der Waals surface area contributed by atoms with Crippen molar-refractivity contribution in [3.8, 4) is 0 Å². The average Bonchev–Trinajstić information content (AvgIpc) is 2.90. The van der Waals surface area contributed by atoms with Gasteiger partial charge in [-0.15, -0.1) is 0 Å². The molecule has 0 aromatic carbocycles. The number of amides is 5. The van der Waals surface area contributed by atoms with Crippen LogP contribution in [-0.2, 0) is 38.4 Å². The molecule has 0 aliphatic carbocycles. The number of aliphatic imine (C=N–C) groups is 1. The third-order valence-electron chi connectivity index (χ3n) is 5.80. The van der Waals surface area contributed by atoms with Crippen molar-refractivity contribution in [2.45, 2.75) is 83.1 Å². The van der Waals surface area contributed by atoms with Crippen molar-refractivity contribution in [1.82, 2.24) is 26.6 Å². The van der Waals surface area contributed by atoms with E-state index in [2.05, 4.69) is 26.3 Å². The van der Waals surface area contributed by atoms with Crippen LogP contribution in [0.3, 0.4) is 0 Å². The van der Waals surface area contributed by atoms with Crippen LogP contribution < -0.4 is 38.1 Å². The van der Waals surface area contributed by atoms with Gasteiger partial charge in [0.15, 0.2) is 5.96 Å². The van der Waals surface area contributed by atoms with Crippen molar-refractivity contribution >= 4 is 53.4 Å². The number of aliphatic hydroxyl groups excluding tert-OH is 1. The van der Waals surface area contributed by atoms with Gasteiger partial charge in [-0.25, -0.2) is 4.79 Å². The molecule has 45 heavy (non-hydrogen) atoms. The molecular weight excluding hydrogens is 604 g/mol. The molecular formula is C25H42N8O12. The predicted octanol–water partition coefficient (Wildman–Crippen LogP) is -4.44. The summed E-state index contributed by atoms with van der Waals surface area (Å²) in [5.41, 5.74) is 10.6. The summed E-state index contributed by atoms with van der Waals surface area (Å²) in [5, 5.41) is 47.6. The van der Waals surface area contributed by atoms with E-state index in [9.17, 15) is 48.6 Å². The summed E-state index contributed by atoms with van der Waals surface area (Å²) in [6, 6.07) is -7.95. The minimum Gasteiger partial charge on any atom is -0.481 e. The smallest absolute Gasteiger partial charge is 0.328 e. The molecule has 0 aliphatic rings. The van der Waals surface area contributed by atoms with Gasteiger partial charge in [-0.1, -0.05) is 13.8 Å². The second kappa shape index (κ2) is 20.0. The second-order valence-electron chi connectivity index (χ2n) is 10.3. The molecule has 0 bridgehead atoms. The topological polar surface area (TPSA) is 342 Å². The highest BCUT2D eigenvalue weighted by Crippen LogP contribution is 2.09. The molecule has 0 saturated carbocycles. The van der Waals surface area contributed by atoms with E-state index in [4.69, 9.17) is 21.7 Å². The molecule has 0 spiro atoms. The number of carbonyl (C=O) groups is 8. The Kier molecular flexibility index (Phi) is 17.8. The van der Waals surface area contributed by atoms with Gasteiger partial charge in [-0.2, -0.15) is 0 Å². The summed E-state index contributed by atoms with van der Waals surface area (Å²) in [5.74, 6) is -9.99. The Labute approximate surface area is 257 Å². The van der Waals surface area contributed by atoms with Crippen LogP contribution in [0.5, 0.6) is 0 Å². The lowest BCUT2D eigenvalue weighted by Gasteiger charge is -2.27. The van der Waals surface area contributed by atoms with Gasteiger partial charge in [0.1, 0.15) is 30.2 Å². The number of carboxylic acids is 3. The monoisotopic (exact) mass is 646 g/mol. The zero-order valence-corrected chi connectivity index (χ0v) is 25.1. The summed E-state index contributed by atoms with van der Waals surface area (Å²) in [7, 11) is 0. The van der Waals surface area contributed by atoms with Crippen LogP contribution in [0.1, 0.15) is 52.9 Å². The van der Waals surface area contributed by atoms with Gasteiger partial charge in [0.2, 0.25) is 29.5 Å². The lowest BCUT2D eigenvalue weighted by Crippen LogP contribution is -2.59. The largest absolute Gasteiger partial charge is 0.481 e. The third kappa shape index (κ3) is 17.0. The Morgan fingerprint density at radius 1 is 0.667 bits per heavy atom. The Morgan fingerprint density at radius 2 is 1.09 bits per heavy atom. The lowest BCUT2D eigenvalue weighted by molar-refractivity contribution is -0.144. The maximum atomic E-state index is 13.4. The molecule has 5 amide bonds. The van der Waals surface area contributed by atoms with Crippen molar-refractivity contribution in [1.29, 1.82) is 0 Å². The highest BCUT2D eigenvalue weighted by atomic mass is 16.4. The Balaban J connectivity index is 6.13. The van der Waals surface area contributed by atoms with Crippen molar-refractivity contribution in [3.05, 3.63) is 0 Å². The van der Waals surface area contributed by atoms with Gasteiger partial charge < -0.3 is 58.5 Å². The summed E-state index contributed by atoms with van der Waals surface area (Å²) in [4.78, 5) is 101. The molecule has 0 aromatic rings. The van der Waals surface area contributed by atoms with E-state index in [0.717, 1.165) is 6.92 Å². The molecule has 0 aliphatic heterocycles. The number of rotatable bonds is 21. The molecule has 13 N–H and O–H groups in total. The van der Waals surface area contributed by atoms with Gasteiger partial charge in [-0.05, 0) is 25.2 Å². The number of aliphatic carboxylic acids is 3. The number of aliphatic hydroxyl groups is 1. The Morgan fingerprint density at radius 3 is 1.51 bits per heavy atom. The minimum atomic E-state index is -1.81. The first-order chi connectivity index (χ1) is 20.9. The highest BCUT2D eigenvalue weighted by molar-refractivity contribution is 5.97. The Hall–Kier alpha value is -5.01. The molecule has 0 fully saturated rings. The van der Waals surface area contributed by atoms with Crippen molar-refractivity contribution in [3.63, 3.8) is 0 Å². The second-order valence-corrected chi connectivity index (χ2v) is 10.3. The van der Waals surface area contributed by atoms with Crippen molar-refractivity contribution in [2.24, 2.45) is 22.4 Å². The van der Waals surface area contributed by atoms with E-state index in [1.165, 1.54) is 0 Å². The summed E-state index contributed by atoms with van der Waals surface area (Å²) in [6.07, 6.45) is -1.83. The number of guanidine groups is 1. The normalized spacial score (nSPS) is 14.0. The molecule has 20 heteroatoms. The standard InChI is InChI=1S/C25H42N8O12/c1-11(2)7-14(21(41)32-16(9-19(38)39)23(43)33-17(10-34)24(44)45)31-20(40)13(5-4-6-28-25(26)27)30-22(42)15(8-18(36)37)29-12(3)35/h11,13-17,34H,4-10H2,1-3H3,(H,29,35)(H,30,42)(H,31,40)(H,32,41)(H,33,43)(H,36,37)(H,38,39)(H,44,45)(H4,26,27,28)/t13-,14?,15-,16-,17-/m0/s1. The molecule has 254 valence electrons. The quantitative estimate of drug-likeness (QED) is 0.0318. The maximum absolute atomic E-state index is 13.4. The van der Waals surface area contributed by atoms with Crippen LogP contribution in [0, 0.1) is 5.92 Å². The van der Waals surface area contributed by atoms with Crippen LogP contribution in [0.15, 0.2) is 4.99 Å². The van der Waals surface area contributed by atoms with E-state index in [0.29, 0.717) is 0 Å². The number of hydrogen-bond acceptors (Lipinski definition) is 10. The average molecular weight is 647 g/mol. The number of carboxylic acid groups (broad SMARTS) is 3. The van der Waals surface area contributed by atoms with Crippen LogP contribution in [0.4, 0.5) is 0 Å². The molecule has 1 unspecified atom stereocenters. The van der Waals surface area contributed by atoms with E-state index in [1.54, 1.807) is 13.8 Å². The van der Waals surface area contributed by atoms with Gasteiger partial charge >= 0.3 is 17.9 Å². The van der Waals surface area contributed by atoms with E-state index in [-0.39, 0.29) is 37.7 Å². The van der Waals surface area contributed by atoms with Gasteiger partial charge in [0, 0.05) is 13.5 Å². The maximum Gasteiger partial charge on any atom is 0.328 e. The van der Waals surface area contributed by atoms with E-state index in [1.807, 2.05) is 5.32 Å². The number of hydrogen-bond donors (Lipinski definition) is 11. The van der Waals surface area contributed by atoms with Gasteiger partial charge in [-0.3, -0.25) is 38.6 Å². The molecule has 20 nitrogen and oxygen atoms in total. The summed E-state index contributed by atoms with van der Waals surface area (Å²) < 4.78 is 0. The fraction of sp³-hybridized carbons (Fsp3) is 0.640. The lowest BCUT2D eigenvalue weighted by atomic mass is 10.0. The van der Waals surface area contributed by atoms with Crippen LogP contribution in [-0.4, -0.2) is 117 Å². The summed E-state index contributed by atoms with van der Waals surface area (Å²) in [6.45, 7) is 3.43. The van der Waals surface area contributed by atoms with E-state index < -0.39 is 97.1 Å². The predicted molar refractivity (Wildman–Crippen MR) is 154 cm³/mol. The Bertz CT molecular complexity index is 1110. The van der Waals surface area contributed by atoms with Crippen LogP contribution >= 0.6 is 0 Å². The molecule has 0 aromatic heterocycles. The van der Waals surface area contributed by atoms with Crippen molar-refractivity contribution < 1.29 is 58.8 Å². The first kappa shape index (κ1) is 40.0. The fourth-order valence-electron chi connectivity index (χ4n) is 3.76. The third-order valence-corrected chi connectivity index (χ3v) is 5.80. The number of nitrogens with one attached hydrogen (secondary N) is 5. The fourth-order valence-corrected chi connectivity index (χ4v) is 3.76. The number of nitrogens with two attached hydrogens (primary N) is 2. The van der Waals surface area contributed by atoms with Crippen LogP contribution in [0.25, 0.3) is 0 Å². The molecule has 0 radical (unpaired) electrons. The number of nitrogens with zero attached hydrogens (tertiary/aromatic N) is 1.